The van der Waals surface area contributed by atoms with E-state index in [1.54, 1.807) is 7.11 Å². The zero-order valence-electron chi connectivity index (χ0n) is 29.9. The summed E-state index contributed by atoms with van der Waals surface area (Å²) >= 11 is 0. The monoisotopic (exact) mass is 720 g/mol. The number of nitrogens with zero attached hydrogens (tertiary/aromatic N) is 1. The van der Waals surface area contributed by atoms with Crippen LogP contribution in [0, 0.1) is 27.4 Å². The smallest absolute Gasteiger partial charge is 0.289 e. The predicted molar refractivity (Wildman–Crippen MR) is 191 cm³/mol. The Morgan fingerprint density at radius 2 is 1.71 bits per heavy atom. The van der Waals surface area contributed by atoms with Crippen LogP contribution in [0.15, 0.2) is 59.5 Å². The summed E-state index contributed by atoms with van der Waals surface area (Å²) in [5.41, 5.74) is 0.202. The lowest BCUT2D eigenvalue weighted by atomic mass is 9.58. The van der Waals surface area contributed by atoms with Gasteiger partial charge in [-0.05, 0) is 86.5 Å². The number of ether oxygens (including phenoxy) is 3. The zero-order valence-corrected chi connectivity index (χ0v) is 31.7. The molecule has 2 aromatic rings. The molecule has 2 aromatic carbocycles. The Morgan fingerprint density at radius 3 is 2.37 bits per heavy atom. The van der Waals surface area contributed by atoms with Crippen LogP contribution >= 0.6 is 0 Å². The van der Waals surface area contributed by atoms with Crippen molar-refractivity contribution in [2.45, 2.75) is 114 Å². The molecule has 6 atom stereocenters. The van der Waals surface area contributed by atoms with E-state index < -0.39 is 34.4 Å². The quantitative estimate of drug-likeness (QED) is 0.0558. The van der Waals surface area contributed by atoms with Crippen LogP contribution in [0.25, 0.3) is 0 Å². The number of nitro benzene ring substituents is 1. The van der Waals surface area contributed by atoms with Gasteiger partial charge in [-0.3, -0.25) is 10.1 Å². The first-order chi connectivity index (χ1) is 23.2. The maximum absolute atomic E-state index is 13.2. The van der Waals surface area contributed by atoms with Crippen molar-refractivity contribution in [3.05, 3.63) is 70.3 Å². The van der Waals surface area contributed by atoms with Crippen LogP contribution in [0.1, 0.15) is 71.3 Å². The number of nitro groups is 1. The van der Waals surface area contributed by atoms with Gasteiger partial charge in [0.25, 0.3) is 5.69 Å². The minimum absolute atomic E-state index is 0.00465. The number of fused-ring (bicyclic) bond motifs is 1. The number of rotatable bonds is 18. The van der Waals surface area contributed by atoms with E-state index in [1.165, 1.54) is 24.3 Å². The summed E-state index contributed by atoms with van der Waals surface area (Å²) in [6.45, 7) is 11.9. The number of hydrogen-bond donors (Lipinski definition) is 2. The zero-order chi connectivity index (χ0) is 35.9. The summed E-state index contributed by atoms with van der Waals surface area (Å²) in [4.78, 5) is 10.5. The molecule has 2 aliphatic carbocycles. The molecule has 49 heavy (non-hydrogen) atoms. The maximum atomic E-state index is 13.2. The number of aliphatic hydroxyl groups excluding tert-OH is 1. The van der Waals surface area contributed by atoms with E-state index in [1.807, 2.05) is 30.3 Å². The van der Waals surface area contributed by atoms with E-state index in [4.69, 9.17) is 18.6 Å². The number of nitrogens with one attached hydrogen (secondary N) is 1. The lowest BCUT2D eigenvalue weighted by molar-refractivity contribution is -0.387. The van der Waals surface area contributed by atoms with Gasteiger partial charge in [0, 0.05) is 31.7 Å². The molecule has 274 valence electrons. The van der Waals surface area contributed by atoms with Gasteiger partial charge in [0.05, 0.1) is 29.8 Å². The van der Waals surface area contributed by atoms with Gasteiger partial charge in [-0.2, -0.15) is 0 Å². The van der Waals surface area contributed by atoms with E-state index in [0.29, 0.717) is 32.3 Å². The van der Waals surface area contributed by atoms with Gasteiger partial charge < -0.3 is 23.7 Å². The topological polar surface area (TPSA) is 146 Å². The van der Waals surface area contributed by atoms with Gasteiger partial charge in [-0.1, -0.05) is 63.2 Å². The van der Waals surface area contributed by atoms with Gasteiger partial charge >= 0.3 is 0 Å². The molecule has 0 radical (unpaired) electrons. The van der Waals surface area contributed by atoms with Gasteiger partial charge in [0.2, 0.25) is 10.0 Å². The third-order valence-corrected chi connectivity index (χ3v) is 17.1. The summed E-state index contributed by atoms with van der Waals surface area (Å²) in [5, 5.41) is 21.7. The highest BCUT2D eigenvalue weighted by Crippen LogP contribution is 2.62. The van der Waals surface area contributed by atoms with E-state index in [0.717, 1.165) is 24.8 Å². The fraction of sp³-hybridized carbons (Fsp3) is 0.667. The lowest BCUT2D eigenvalue weighted by Crippen LogP contribution is -2.59. The number of aliphatic hydroxyl groups is 1. The number of hydrogen-bond acceptors (Lipinski definition) is 9. The van der Waals surface area contributed by atoms with Crippen molar-refractivity contribution in [2.75, 3.05) is 27.1 Å². The molecule has 2 fully saturated rings. The van der Waals surface area contributed by atoms with E-state index in [2.05, 4.69) is 38.6 Å². The second-order valence-corrected chi connectivity index (χ2v) is 21.6. The number of para-hydroxylation sites is 1. The second-order valence-electron chi connectivity index (χ2n) is 15.1. The fourth-order valence-corrected chi connectivity index (χ4v) is 10.5. The fourth-order valence-electron chi connectivity index (χ4n) is 7.86. The van der Waals surface area contributed by atoms with Gasteiger partial charge in [-0.25, -0.2) is 13.1 Å². The minimum atomic E-state index is -4.12. The van der Waals surface area contributed by atoms with Crippen molar-refractivity contribution >= 4 is 24.0 Å². The highest BCUT2D eigenvalue weighted by atomic mass is 32.2. The maximum Gasteiger partial charge on any atom is 0.289 e. The Labute approximate surface area is 293 Å². The summed E-state index contributed by atoms with van der Waals surface area (Å²) in [7, 11) is -4.71. The van der Waals surface area contributed by atoms with Crippen molar-refractivity contribution in [2.24, 2.45) is 17.3 Å². The molecule has 13 heteroatoms. The summed E-state index contributed by atoms with van der Waals surface area (Å²) in [6.07, 6.45) is 4.39. The van der Waals surface area contributed by atoms with Crippen LogP contribution in [0.2, 0.25) is 18.1 Å². The van der Waals surface area contributed by atoms with Gasteiger partial charge in [0.15, 0.2) is 13.2 Å². The van der Waals surface area contributed by atoms with E-state index in [-0.39, 0.29) is 60.0 Å². The molecule has 1 unspecified atom stereocenters. The predicted octanol–water partition coefficient (Wildman–Crippen LogP) is 6.81. The molecular weight excluding hydrogens is 665 g/mol. The van der Waals surface area contributed by atoms with Crippen molar-refractivity contribution in [1.82, 2.24) is 4.72 Å². The Bertz CT molecular complexity index is 1470. The molecule has 0 aromatic heterocycles. The molecule has 0 heterocycles. The molecule has 11 nitrogen and oxygen atoms in total. The van der Waals surface area contributed by atoms with Gasteiger partial charge in [-0.15, -0.1) is 0 Å². The second kappa shape index (κ2) is 16.9. The molecule has 0 bridgehead atoms. The first-order valence-corrected chi connectivity index (χ1v) is 21.8. The molecule has 2 aliphatic rings. The van der Waals surface area contributed by atoms with Crippen LogP contribution in [0.5, 0.6) is 0 Å². The average molecular weight is 721 g/mol. The van der Waals surface area contributed by atoms with Crippen LogP contribution in [-0.4, -0.2) is 72.1 Å². The van der Waals surface area contributed by atoms with Crippen molar-refractivity contribution < 1.29 is 37.1 Å². The van der Waals surface area contributed by atoms with Crippen LogP contribution in [0.3, 0.4) is 0 Å². The van der Waals surface area contributed by atoms with Crippen molar-refractivity contribution in [1.29, 1.82) is 0 Å². The number of sulfonamides is 1. The van der Waals surface area contributed by atoms with Crippen LogP contribution in [0.4, 0.5) is 5.69 Å². The Hall–Kier alpha value is -2.23. The molecule has 0 amide bonds. The van der Waals surface area contributed by atoms with Crippen molar-refractivity contribution in [3.63, 3.8) is 0 Å². The van der Waals surface area contributed by atoms with E-state index >= 15 is 0 Å². The molecule has 0 saturated heterocycles. The first kappa shape index (κ1) is 39.6. The largest absolute Gasteiger partial charge is 0.411 e. The van der Waals surface area contributed by atoms with Crippen LogP contribution < -0.4 is 4.72 Å². The highest BCUT2D eigenvalue weighted by Gasteiger charge is 2.63. The molecule has 0 spiro atoms. The Balaban J connectivity index is 1.67. The Morgan fingerprint density at radius 1 is 1.02 bits per heavy atom. The minimum Gasteiger partial charge on any atom is -0.411 e. The average Bonchev–Trinajstić information content (AvgIpc) is 3.37. The summed E-state index contributed by atoms with van der Waals surface area (Å²) in [5.74, 6) is 0.214. The number of methoxy groups -OCH3 is 1. The lowest BCUT2D eigenvalue weighted by Gasteiger charge is -2.54. The SMILES string of the molecule is COCO[C@@H]1[C@@H](O[Si](C)(C)C(C)(C)C)CCC2C[C@@H](OCc3ccccc3)[C@H](CCCNS(=O)(=O)c3ccccc3[N+](=O)[O-])[C@]21CCCO. The molecule has 2 saturated carbocycles. The molecule has 4 rings (SSSR count). The third-order valence-electron chi connectivity index (χ3n) is 11.1. The standard InChI is InChI=1S/C36H56N2O9SSi/c1-35(2,3)49(5,6)47-31-20-19-28-24-32(45-25-27-14-8-7-9-15-27)29(36(28,21-13-23-39)34(31)46-26-44-4)16-12-22-37-48(42,43)33-18-11-10-17-30(33)38(40)41/h7-11,14-15,17-18,28-29,31-32,34,37,39H,12-13,16,19-26H2,1-6H3/t28?,29-,31-,32+,34+,36-/m0/s1. The van der Waals surface area contributed by atoms with Crippen LogP contribution in [-0.2, 0) is 35.3 Å². The summed E-state index contributed by atoms with van der Waals surface area (Å²) < 4.78 is 55.1. The van der Waals surface area contributed by atoms with Gasteiger partial charge in [0.1, 0.15) is 6.79 Å². The third kappa shape index (κ3) is 9.17. The first-order valence-electron chi connectivity index (χ1n) is 17.5. The molecular formula is C36H56N2O9SSi. The summed E-state index contributed by atoms with van der Waals surface area (Å²) in [6, 6.07) is 15.4. The molecule has 0 aliphatic heterocycles. The molecule has 2 N–H and O–H groups in total. The normalized spacial score (nSPS) is 26.1. The van der Waals surface area contributed by atoms with Crippen molar-refractivity contribution in [3.8, 4) is 0 Å². The Kier molecular flexibility index (Phi) is 13.6. The number of benzene rings is 2. The highest BCUT2D eigenvalue weighted by molar-refractivity contribution is 7.89. The van der Waals surface area contributed by atoms with E-state index in [9.17, 15) is 23.6 Å².